The summed E-state index contributed by atoms with van der Waals surface area (Å²) < 4.78 is 17.1. The number of aromatic nitrogens is 4. The molecule has 1 saturated heterocycles. The van der Waals surface area contributed by atoms with Crippen molar-refractivity contribution >= 4 is 16.5 Å². The third-order valence-electron chi connectivity index (χ3n) is 6.61. The smallest absolute Gasteiger partial charge is 0.208 e. The Morgan fingerprint density at radius 1 is 1.34 bits per heavy atom. The summed E-state index contributed by atoms with van der Waals surface area (Å²) in [5.74, 6) is 0.402. The van der Waals surface area contributed by atoms with E-state index in [1.165, 1.54) is 11.3 Å². The fourth-order valence-electron chi connectivity index (χ4n) is 4.85. The van der Waals surface area contributed by atoms with Crippen LogP contribution in [-0.4, -0.2) is 68.1 Å². The van der Waals surface area contributed by atoms with Crippen molar-refractivity contribution in [1.82, 2.24) is 24.6 Å². The van der Waals surface area contributed by atoms with E-state index in [1.54, 1.807) is 18.6 Å². The molecule has 2 fully saturated rings. The van der Waals surface area contributed by atoms with Gasteiger partial charge < -0.3 is 14.6 Å². The Balaban J connectivity index is 1.40. The maximum absolute atomic E-state index is 15.3. The first-order valence-corrected chi connectivity index (χ1v) is 10.4. The minimum Gasteiger partial charge on any atom is -0.507 e. The molecule has 2 aliphatic rings. The number of benzene rings is 1. The van der Waals surface area contributed by atoms with Crippen LogP contribution in [0.4, 0.5) is 9.52 Å². The lowest BCUT2D eigenvalue weighted by Gasteiger charge is -2.42. The number of fused-ring (bicyclic) bond motifs is 2. The summed E-state index contributed by atoms with van der Waals surface area (Å²) in [7, 11) is 3.90. The predicted molar refractivity (Wildman–Crippen MR) is 110 cm³/mol. The summed E-state index contributed by atoms with van der Waals surface area (Å²) in [4.78, 5) is 8.10. The molecule has 152 valence electrons. The number of nitrogens with zero attached hydrogens (tertiary/aromatic N) is 6. The molecule has 1 aromatic carbocycles. The van der Waals surface area contributed by atoms with Crippen molar-refractivity contribution in [3.63, 3.8) is 0 Å². The quantitative estimate of drug-likeness (QED) is 0.708. The van der Waals surface area contributed by atoms with Crippen LogP contribution >= 0.6 is 11.3 Å². The second-order valence-corrected chi connectivity index (χ2v) is 9.22. The van der Waals surface area contributed by atoms with Gasteiger partial charge in [0.2, 0.25) is 5.13 Å². The van der Waals surface area contributed by atoms with E-state index < -0.39 is 11.7 Å². The maximum Gasteiger partial charge on any atom is 0.208 e. The van der Waals surface area contributed by atoms with Crippen molar-refractivity contribution in [3.05, 3.63) is 36.9 Å². The van der Waals surface area contributed by atoms with E-state index in [9.17, 15) is 5.11 Å². The number of hydrogen-bond donors (Lipinski definition) is 1. The van der Waals surface area contributed by atoms with Crippen molar-refractivity contribution in [2.75, 3.05) is 25.5 Å². The van der Waals surface area contributed by atoms with Crippen LogP contribution in [0.2, 0.25) is 0 Å². The van der Waals surface area contributed by atoms with Gasteiger partial charge in [0.05, 0.1) is 29.2 Å². The number of aromatic hydroxyl groups is 1. The number of anilines is 1. The molecule has 1 saturated carbocycles. The SMILES string of the molecule is CN(c1nnc(-c2ccc(-n3ccnc3)cc2O)s1)[C@@H]1[C@H]2CN(C)[C@](C)(C2)[C@H]1F. The molecule has 9 heteroatoms. The minimum atomic E-state index is -0.938. The fraction of sp³-hybridized carbons (Fsp3) is 0.450. The number of imidazole rings is 1. The minimum absolute atomic E-state index is 0.124. The molecule has 29 heavy (non-hydrogen) atoms. The van der Waals surface area contributed by atoms with E-state index >= 15 is 4.39 Å². The van der Waals surface area contributed by atoms with E-state index in [0.717, 1.165) is 18.7 Å². The van der Waals surface area contributed by atoms with Crippen LogP contribution in [-0.2, 0) is 0 Å². The molecule has 0 radical (unpaired) electrons. The Kier molecular flexibility index (Phi) is 4.15. The van der Waals surface area contributed by atoms with Crippen LogP contribution < -0.4 is 4.90 Å². The van der Waals surface area contributed by atoms with E-state index in [1.807, 2.05) is 48.8 Å². The van der Waals surface area contributed by atoms with Gasteiger partial charge in [-0.05, 0) is 38.4 Å². The molecule has 2 aromatic heterocycles. The Hall–Kier alpha value is -2.52. The average molecular weight is 415 g/mol. The van der Waals surface area contributed by atoms with Gasteiger partial charge in [-0.25, -0.2) is 9.37 Å². The third-order valence-corrected chi connectivity index (χ3v) is 7.66. The van der Waals surface area contributed by atoms with E-state index in [-0.39, 0.29) is 17.7 Å². The number of rotatable bonds is 4. The van der Waals surface area contributed by atoms with Crippen LogP contribution in [0.3, 0.4) is 0 Å². The van der Waals surface area contributed by atoms with Gasteiger partial charge in [-0.3, -0.25) is 4.90 Å². The molecule has 1 N–H and O–H groups in total. The highest BCUT2D eigenvalue weighted by Gasteiger charge is 2.60. The zero-order chi connectivity index (χ0) is 20.3. The number of phenols is 1. The molecule has 4 atom stereocenters. The van der Waals surface area contributed by atoms with Crippen molar-refractivity contribution < 1.29 is 9.50 Å². The lowest BCUT2D eigenvalue weighted by atomic mass is 9.95. The molecule has 3 heterocycles. The summed E-state index contributed by atoms with van der Waals surface area (Å²) in [6, 6.07) is 5.19. The average Bonchev–Trinajstić information content (AvgIpc) is 3.45. The molecular weight excluding hydrogens is 391 g/mol. The Labute approximate surface area is 172 Å². The highest BCUT2D eigenvalue weighted by Crippen LogP contribution is 2.50. The first-order valence-electron chi connectivity index (χ1n) is 9.62. The molecule has 0 unspecified atom stereocenters. The molecule has 2 bridgehead atoms. The summed E-state index contributed by atoms with van der Waals surface area (Å²) >= 11 is 1.37. The van der Waals surface area contributed by atoms with E-state index in [4.69, 9.17) is 0 Å². The van der Waals surface area contributed by atoms with Gasteiger partial charge in [-0.1, -0.05) is 11.3 Å². The molecule has 0 amide bonds. The largest absolute Gasteiger partial charge is 0.507 e. The van der Waals surface area contributed by atoms with E-state index in [2.05, 4.69) is 20.1 Å². The molecule has 1 aliphatic carbocycles. The molecule has 5 rings (SSSR count). The first kappa shape index (κ1) is 18.5. The monoisotopic (exact) mass is 414 g/mol. The zero-order valence-corrected chi connectivity index (χ0v) is 17.3. The molecule has 1 aliphatic heterocycles. The standard InChI is InChI=1S/C20H23FN6OS/c1-20-9-12(10-25(20)2)16(17(20)21)26(3)19-24-23-18(29-19)14-5-4-13(8-15(14)28)27-7-6-22-11-27/h4-8,11-12,16-17,28H,9-10H2,1-3H3/t12-,16-,17+,20-/m1/s1. The topological polar surface area (TPSA) is 70.3 Å². The number of hydrogen-bond acceptors (Lipinski definition) is 7. The van der Waals surface area contributed by atoms with Gasteiger partial charge in [0.1, 0.15) is 11.9 Å². The van der Waals surface area contributed by atoms with E-state index in [0.29, 0.717) is 15.7 Å². The summed E-state index contributed by atoms with van der Waals surface area (Å²) in [6.45, 7) is 2.91. The van der Waals surface area contributed by atoms with Gasteiger partial charge in [-0.2, -0.15) is 0 Å². The van der Waals surface area contributed by atoms with Gasteiger partial charge in [0.25, 0.3) is 0 Å². The zero-order valence-electron chi connectivity index (χ0n) is 16.5. The molecule has 3 aromatic rings. The second kappa shape index (κ2) is 6.50. The number of piperidine rings is 1. The van der Waals surface area contributed by atoms with Gasteiger partial charge in [0.15, 0.2) is 5.01 Å². The predicted octanol–water partition coefficient (Wildman–Crippen LogP) is 2.96. The van der Waals surface area contributed by atoms with Gasteiger partial charge in [0, 0.05) is 32.1 Å². The Morgan fingerprint density at radius 2 is 2.17 bits per heavy atom. The summed E-state index contributed by atoms with van der Waals surface area (Å²) in [5.41, 5.74) is 1.02. The highest BCUT2D eigenvalue weighted by molar-refractivity contribution is 7.18. The normalized spacial score (nSPS) is 28.9. The molecule has 0 spiro atoms. The number of phenolic OH excluding ortho intramolecular Hbond substituents is 1. The van der Waals surface area contributed by atoms with Crippen LogP contribution in [0.5, 0.6) is 5.75 Å². The van der Waals surface area contributed by atoms with Gasteiger partial charge >= 0.3 is 0 Å². The third kappa shape index (κ3) is 2.75. The summed E-state index contributed by atoms with van der Waals surface area (Å²) in [6.07, 6.45) is 5.10. The van der Waals surface area contributed by atoms with Crippen LogP contribution in [0.1, 0.15) is 13.3 Å². The van der Waals surface area contributed by atoms with Crippen LogP contribution in [0, 0.1) is 5.92 Å². The lowest BCUT2D eigenvalue weighted by Crippen LogP contribution is -2.57. The van der Waals surface area contributed by atoms with Crippen molar-refractivity contribution in [3.8, 4) is 22.0 Å². The fourth-order valence-corrected chi connectivity index (χ4v) is 5.73. The number of alkyl halides is 1. The second-order valence-electron chi connectivity index (χ2n) is 8.27. The highest BCUT2D eigenvalue weighted by atomic mass is 32.1. The Morgan fingerprint density at radius 3 is 2.83 bits per heavy atom. The lowest BCUT2D eigenvalue weighted by molar-refractivity contribution is 0.0573. The molecular formula is C20H23FN6OS. The first-order chi connectivity index (χ1) is 13.9. The number of halogens is 1. The Bertz CT molecular complexity index is 1040. The maximum atomic E-state index is 15.3. The van der Waals surface area contributed by atoms with Crippen LogP contribution in [0.15, 0.2) is 36.9 Å². The van der Waals surface area contributed by atoms with Crippen molar-refractivity contribution in [2.24, 2.45) is 5.92 Å². The van der Waals surface area contributed by atoms with Crippen molar-refractivity contribution in [1.29, 1.82) is 0 Å². The van der Waals surface area contributed by atoms with Crippen LogP contribution in [0.25, 0.3) is 16.3 Å². The number of likely N-dealkylation sites (tertiary alicyclic amines) is 1. The molecule has 7 nitrogen and oxygen atoms in total. The van der Waals surface area contributed by atoms with Crippen molar-refractivity contribution in [2.45, 2.75) is 31.1 Å². The summed E-state index contributed by atoms with van der Waals surface area (Å²) in [5, 5.41) is 20.4. The van der Waals surface area contributed by atoms with Gasteiger partial charge in [-0.15, -0.1) is 10.2 Å².